The monoisotopic (exact) mass is 256 g/mol. The van der Waals surface area contributed by atoms with Gasteiger partial charge < -0.3 is 10.1 Å². The van der Waals surface area contributed by atoms with E-state index < -0.39 is 0 Å². The van der Waals surface area contributed by atoms with E-state index in [-0.39, 0.29) is 5.91 Å². The normalized spacial score (nSPS) is 21.5. The van der Waals surface area contributed by atoms with Gasteiger partial charge in [0.25, 0.3) is 0 Å². The van der Waals surface area contributed by atoms with Gasteiger partial charge in [-0.15, -0.1) is 0 Å². The largest absolute Gasteiger partial charge is 0.495 e. The van der Waals surface area contributed by atoms with Crippen LogP contribution in [0.4, 0.5) is 0 Å². The lowest BCUT2D eigenvalue weighted by Crippen LogP contribution is -2.36. The molecule has 1 unspecified atom stereocenters. The van der Waals surface area contributed by atoms with Gasteiger partial charge >= 0.3 is 0 Å². The molecule has 1 atom stereocenters. The summed E-state index contributed by atoms with van der Waals surface area (Å²) in [6, 6.07) is 6.36. The lowest BCUT2D eigenvalue weighted by Gasteiger charge is -2.29. The number of carbonyl (C=O) groups excluding carboxylic acids is 1. The summed E-state index contributed by atoms with van der Waals surface area (Å²) in [7, 11) is 1.66. The molecule has 2 aliphatic heterocycles. The predicted molar refractivity (Wildman–Crippen MR) is 72.8 cm³/mol. The molecule has 0 saturated carbocycles. The van der Waals surface area contributed by atoms with E-state index in [9.17, 15) is 4.79 Å². The van der Waals surface area contributed by atoms with E-state index >= 15 is 0 Å². The van der Waals surface area contributed by atoms with E-state index in [4.69, 9.17) is 4.74 Å². The molecule has 4 rings (SSSR count). The number of nitrogens with one attached hydrogen (secondary N) is 1. The first-order valence-electron chi connectivity index (χ1n) is 6.78. The zero-order chi connectivity index (χ0) is 13.0. The van der Waals surface area contributed by atoms with E-state index in [2.05, 4.69) is 11.4 Å². The molecule has 2 aromatic rings. The minimum absolute atomic E-state index is 0.190. The summed E-state index contributed by atoms with van der Waals surface area (Å²) in [5.41, 5.74) is 3.45. The molecule has 19 heavy (non-hydrogen) atoms. The van der Waals surface area contributed by atoms with Crippen LogP contribution in [0.25, 0.3) is 10.9 Å². The number of fused-ring (bicyclic) bond motifs is 3. The second kappa shape index (κ2) is 3.84. The number of ether oxygens (including phenoxy) is 1. The number of hydrogen-bond donors (Lipinski definition) is 1. The van der Waals surface area contributed by atoms with Crippen LogP contribution in [0.15, 0.2) is 18.2 Å². The second-order valence-corrected chi connectivity index (χ2v) is 5.24. The lowest BCUT2D eigenvalue weighted by atomic mass is 9.94. The number of methoxy groups -OCH3 is 1. The number of benzene rings is 1. The van der Waals surface area contributed by atoms with E-state index in [1.54, 1.807) is 7.11 Å². The predicted octanol–water partition coefficient (Wildman–Crippen LogP) is 2.27. The van der Waals surface area contributed by atoms with Gasteiger partial charge in [0, 0.05) is 23.5 Å². The van der Waals surface area contributed by atoms with Crippen LogP contribution < -0.4 is 10.1 Å². The first kappa shape index (κ1) is 11.1. The van der Waals surface area contributed by atoms with Gasteiger partial charge in [0.05, 0.1) is 12.6 Å². The molecule has 4 nitrogen and oxygen atoms in total. The first-order chi connectivity index (χ1) is 9.31. The average molecular weight is 256 g/mol. The summed E-state index contributed by atoms with van der Waals surface area (Å²) in [4.78, 5) is 12.3. The standard InChI is InChI=1S/C15H16N2O2/c1-19-12-4-2-3-9-10-7-8-16-11-5-6-13(18)17(14(10)11)15(9)12/h2-4,11,16H,5-8H2,1H3. The van der Waals surface area contributed by atoms with Gasteiger partial charge in [-0.1, -0.05) is 12.1 Å². The third kappa shape index (κ3) is 1.35. The number of rotatable bonds is 1. The molecule has 1 aromatic carbocycles. The first-order valence-corrected chi connectivity index (χ1v) is 6.78. The average Bonchev–Trinajstić information content (AvgIpc) is 2.80. The SMILES string of the molecule is COc1cccc2c3c4n(c12)C(=O)CCC4NCC3. The van der Waals surface area contributed by atoms with Crippen molar-refractivity contribution in [2.45, 2.75) is 25.3 Å². The molecule has 0 aliphatic carbocycles. The van der Waals surface area contributed by atoms with Crippen molar-refractivity contribution in [2.24, 2.45) is 0 Å². The van der Waals surface area contributed by atoms with Crippen molar-refractivity contribution in [2.75, 3.05) is 13.7 Å². The zero-order valence-electron chi connectivity index (χ0n) is 10.9. The van der Waals surface area contributed by atoms with Crippen molar-refractivity contribution in [3.63, 3.8) is 0 Å². The maximum atomic E-state index is 12.3. The maximum Gasteiger partial charge on any atom is 0.231 e. The minimum Gasteiger partial charge on any atom is -0.495 e. The van der Waals surface area contributed by atoms with Crippen molar-refractivity contribution < 1.29 is 9.53 Å². The Kier molecular flexibility index (Phi) is 2.23. The van der Waals surface area contributed by atoms with Gasteiger partial charge in [0.2, 0.25) is 5.91 Å². The second-order valence-electron chi connectivity index (χ2n) is 5.24. The van der Waals surface area contributed by atoms with Crippen LogP contribution >= 0.6 is 0 Å². The molecule has 0 saturated heterocycles. The molecule has 0 spiro atoms. The zero-order valence-corrected chi connectivity index (χ0v) is 10.9. The van der Waals surface area contributed by atoms with Crippen molar-refractivity contribution in [3.05, 3.63) is 29.5 Å². The topological polar surface area (TPSA) is 43.3 Å². The minimum atomic E-state index is 0.190. The molecule has 1 N–H and O–H groups in total. The summed E-state index contributed by atoms with van der Waals surface area (Å²) in [6.07, 6.45) is 2.49. The summed E-state index contributed by atoms with van der Waals surface area (Å²) in [5, 5.41) is 4.70. The van der Waals surface area contributed by atoms with Crippen molar-refractivity contribution in [1.82, 2.24) is 9.88 Å². The summed E-state index contributed by atoms with van der Waals surface area (Å²) < 4.78 is 7.35. The Labute approximate surface area is 111 Å². The number of aromatic nitrogens is 1. The molecular weight excluding hydrogens is 240 g/mol. The highest BCUT2D eigenvalue weighted by atomic mass is 16.5. The molecule has 0 radical (unpaired) electrons. The van der Waals surface area contributed by atoms with Crippen molar-refractivity contribution in [3.8, 4) is 5.75 Å². The summed E-state index contributed by atoms with van der Waals surface area (Å²) in [5.74, 6) is 0.983. The molecule has 3 heterocycles. The van der Waals surface area contributed by atoms with Gasteiger partial charge in [-0.2, -0.15) is 0 Å². The van der Waals surface area contributed by atoms with Gasteiger partial charge in [-0.3, -0.25) is 9.36 Å². The van der Waals surface area contributed by atoms with Gasteiger partial charge in [0.15, 0.2) is 0 Å². The number of para-hydroxylation sites is 1. The highest BCUT2D eigenvalue weighted by Gasteiger charge is 2.34. The van der Waals surface area contributed by atoms with Crippen LogP contribution in [0.2, 0.25) is 0 Å². The quantitative estimate of drug-likeness (QED) is 0.851. The number of nitrogens with zero attached hydrogens (tertiary/aromatic N) is 1. The molecule has 2 aliphatic rings. The molecule has 0 fully saturated rings. The maximum absolute atomic E-state index is 12.3. The summed E-state index contributed by atoms with van der Waals surface area (Å²) >= 11 is 0. The van der Waals surface area contributed by atoms with Crippen LogP contribution in [0, 0.1) is 0 Å². The highest BCUT2D eigenvalue weighted by molar-refractivity contribution is 6.00. The van der Waals surface area contributed by atoms with E-state index in [0.29, 0.717) is 12.5 Å². The van der Waals surface area contributed by atoms with Crippen LogP contribution in [0.1, 0.15) is 34.9 Å². The fraction of sp³-hybridized carbons (Fsp3) is 0.400. The third-order valence-electron chi connectivity index (χ3n) is 4.31. The van der Waals surface area contributed by atoms with E-state index in [1.165, 1.54) is 16.6 Å². The Hall–Kier alpha value is -1.81. The number of carbonyl (C=O) groups is 1. The molecule has 98 valence electrons. The van der Waals surface area contributed by atoms with Crippen LogP contribution in [-0.4, -0.2) is 24.1 Å². The Morgan fingerprint density at radius 1 is 1.37 bits per heavy atom. The number of hydrogen-bond acceptors (Lipinski definition) is 3. The van der Waals surface area contributed by atoms with Gasteiger partial charge in [-0.25, -0.2) is 0 Å². The summed E-state index contributed by atoms with van der Waals surface area (Å²) in [6.45, 7) is 0.988. The smallest absolute Gasteiger partial charge is 0.231 e. The van der Waals surface area contributed by atoms with Crippen molar-refractivity contribution in [1.29, 1.82) is 0 Å². The molecule has 1 aromatic heterocycles. The molecule has 0 amide bonds. The van der Waals surface area contributed by atoms with Crippen molar-refractivity contribution >= 4 is 16.8 Å². The Bertz CT molecular complexity index is 687. The Morgan fingerprint density at radius 2 is 2.26 bits per heavy atom. The molecule has 0 bridgehead atoms. The van der Waals surface area contributed by atoms with Gasteiger partial charge in [-0.05, 0) is 31.0 Å². The third-order valence-corrected chi connectivity index (χ3v) is 4.31. The van der Waals surface area contributed by atoms with Crippen LogP contribution in [0.5, 0.6) is 5.75 Å². The van der Waals surface area contributed by atoms with Gasteiger partial charge in [0.1, 0.15) is 5.75 Å². The highest BCUT2D eigenvalue weighted by Crippen LogP contribution is 2.41. The Morgan fingerprint density at radius 3 is 3.11 bits per heavy atom. The fourth-order valence-electron chi connectivity index (χ4n) is 3.53. The molecular formula is C15H16N2O2. The fourth-order valence-corrected chi connectivity index (χ4v) is 3.53. The lowest BCUT2D eigenvalue weighted by molar-refractivity contribution is 0.0873. The molecule has 4 heteroatoms. The van der Waals surface area contributed by atoms with E-state index in [1.807, 2.05) is 16.7 Å². The Balaban J connectivity index is 2.16. The van der Waals surface area contributed by atoms with Crippen LogP contribution in [0.3, 0.4) is 0 Å². The van der Waals surface area contributed by atoms with Crippen LogP contribution in [-0.2, 0) is 6.42 Å². The van der Waals surface area contributed by atoms with E-state index in [0.717, 1.165) is 30.7 Å².